The minimum Gasteiger partial charge on any atom is -0.493 e. The van der Waals surface area contributed by atoms with Gasteiger partial charge in [-0.25, -0.2) is 0 Å². The Bertz CT molecular complexity index is 656. The molecule has 0 saturated carbocycles. The van der Waals surface area contributed by atoms with Gasteiger partial charge in [-0.3, -0.25) is 4.79 Å². The first-order chi connectivity index (χ1) is 11.6. The lowest BCUT2D eigenvalue weighted by Gasteiger charge is -2.30. The molecule has 2 rings (SSSR count). The molecule has 1 saturated heterocycles. The molecule has 0 bridgehead atoms. The molecule has 1 N–H and O–H groups in total. The standard InChI is InChI=1S/C18H23N3O3/c1-13-6-8-21(9-7-13)18(22)14(11-19)12-20-15-4-5-16(23-2)17(10-15)24-3/h4-5,10,12-13,20H,6-9H2,1-3H3/b14-12-. The van der Waals surface area contributed by atoms with E-state index in [1.165, 1.54) is 6.20 Å². The molecule has 24 heavy (non-hydrogen) atoms. The topological polar surface area (TPSA) is 74.6 Å². The fourth-order valence-electron chi connectivity index (χ4n) is 2.61. The Morgan fingerprint density at radius 3 is 2.54 bits per heavy atom. The van der Waals surface area contributed by atoms with E-state index in [-0.39, 0.29) is 11.5 Å². The molecule has 1 fully saturated rings. The molecule has 0 spiro atoms. The molecule has 0 atom stereocenters. The molecule has 1 aliphatic heterocycles. The molecule has 6 heteroatoms. The van der Waals surface area contributed by atoms with E-state index in [1.54, 1.807) is 37.3 Å². The van der Waals surface area contributed by atoms with Crippen molar-refractivity contribution in [2.45, 2.75) is 19.8 Å². The van der Waals surface area contributed by atoms with Gasteiger partial charge >= 0.3 is 0 Å². The smallest absolute Gasteiger partial charge is 0.266 e. The van der Waals surface area contributed by atoms with E-state index in [9.17, 15) is 10.1 Å². The van der Waals surface area contributed by atoms with Gasteiger partial charge in [0.05, 0.1) is 14.2 Å². The Labute approximate surface area is 142 Å². The van der Waals surface area contributed by atoms with Gasteiger partial charge in [0.25, 0.3) is 5.91 Å². The summed E-state index contributed by atoms with van der Waals surface area (Å²) in [5, 5.41) is 12.3. The number of carbonyl (C=O) groups excluding carboxylic acids is 1. The van der Waals surface area contributed by atoms with Crippen molar-refractivity contribution < 1.29 is 14.3 Å². The minimum absolute atomic E-state index is 0.0966. The highest BCUT2D eigenvalue weighted by molar-refractivity contribution is 5.97. The number of nitrogens with one attached hydrogen (secondary N) is 1. The van der Waals surface area contributed by atoms with E-state index in [1.807, 2.05) is 6.07 Å². The summed E-state index contributed by atoms with van der Waals surface area (Å²) in [6, 6.07) is 7.28. The predicted molar refractivity (Wildman–Crippen MR) is 91.8 cm³/mol. The van der Waals surface area contributed by atoms with Crippen molar-refractivity contribution in [2.75, 3.05) is 32.6 Å². The number of carbonyl (C=O) groups is 1. The van der Waals surface area contributed by atoms with Crippen LogP contribution in [0.2, 0.25) is 0 Å². The van der Waals surface area contributed by atoms with Crippen LogP contribution in [0.3, 0.4) is 0 Å². The number of anilines is 1. The first kappa shape index (κ1) is 17.7. The summed E-state index contributed by atoms with van der Waals surface area (Å²) in [5.41, 5.74) is 0.805. The van der Waals surface area contributed by atoms with Crippen LogP contribution in [0.15, 0.2) is 30.0 Å². The van der Waals surface area contributed by atoms with Gasteiger partial charge in [-0.2, -0.15) is 5.26 Å². The molecule has 1 aromatic carbocycles. The van der Waals surface area contributed by atoms with E-state index in [2.05, 4.69) is 12.2 Å². The van der Waals surface area contributed by atoms with Crippen LogP contribution in [-0.4, -0.2) is 38.1 Å². The summed E-state index contributed by atoms with van der Waals surface area (Å²) in [6.07, 6.45) is 3.41. The average molecular weight is 329 g/mol. The molecule has 0 radical (unpaired) electrons. The number of benzene rings is 1. The highest BCUT2D eigenvalue weighted by Gasteiger charge is 2.23. The van der Waals surface area contributed by atoms with Gasteiger partial charge in [-0.05, 0) is 30.9 Å². The number of hydrogen-bond acceptors (Lipinski definition) is 5. The predicted octanol–water partition coefficient (Wildman–Crippen LogP) is 2.78. The largest absolute Gasteiger partial charge is 0.493 e. The fourth-order valence-corrected chi connectivity index (χ4v) is 2.61. The second-order valence-corrected chi connectivity index (χ2v) is 5.86. The highest BCUT2D eigenvalue weighted by atomic mass is 16.5. The van der Waals surface area contributed by atoms with Crippen molar-refractivity contribution in [1.82, 2.24) is 4.90 Å². The number of nitrogens with zero attached hydrogens (tertiary/aromatic N) is 2. The first-order valence-electron chi connectivity index (χ1n) is 7.97. The number of ether oxygens (including phenoxy) is 2. The van der Waals surface area contributed by atoms with Crippen LogP contribution in [0.25, 0.3) is 0 Å². The molecule has 0 aromatic heterocycles. The van der Waals surface area contributed by atoms with E-state index < -0.39 is 0 Å². The Balaban J connectivity index is 2.08. The van der Waals surface area contributed by atoms with E-state index in [0.717, 1.165) is 12.8 Å². The summed E-state index contributed by atoms with van der Waals surface area (Å²) in [7, 11) is 3.12. The monoisotopic (exact) mass is 329 g/mol. The SMILES string of the molecule is COc1ccc(N/C=C(/C#N)C(=O)N2CCC(C)CC2)cc1OC. The van der Waals surface area contributed by atoms with Gasteiger partial charge in [0.2, 0.25) is 0 Å². The Kier molecular flexibility index (Phi) is 6.07. The van der Waals surface area contributed by atoms with Crippen molar-refractivity contribution >= 4 is 11.6 Å². The van der Waals surface area contributed by atoms with Gasteiger partial charge in [-0.1, -0.05) is 6.92 Å². The summed E-state index contributed by atoms with van der Waals surface area (Å²) < 4.78 is 10.4. The molecule has 1 heterocycles. The van der Waals surface area contributed by atoms with Crippen LogP contribution in [0.4, 0.5) is 5.69 Å². The average Bonchev–Trinajstić information content (AvgIpc) is 2.62. The molecule has 0 aliphatic carbocycles. The number of hydrogen-bond donors (Lipinski definition) is 1. The quantitative estimate of drug-likeness (QED) is 0.664. The normalized spacial score (nSPS) is 15.6. The number of methoxy groups -OCH3 is 2. The Morgan fingerprint density at radius 2 is 1.96 bits per heavy atom. The lowest BCUT2D eigenvalue weighted by molar-refractivity contribution is -0.128. The summed E-state index contributed by atoms with van der Waals surface area (Å²) in [6.45, 7) is 3.59. The molecule has 128 valence electrons. The second kappa shape index (κ2) is 8.25. The van der Waals surface area contributed by atoms with Crippen molar-refractivity contribution in [3.63, 3.8) is 0 Å². The number of piperidine rings is 1. The zero-order chi connectivity index (χ0) is 17.5. The third kappa shape index (κ3) is 4.19. The maximum Gasteiger partial charge on any atom is 0.266 e. The van der Waals surface area contributed by atoms with Crippen LogP contribution in [0.1, 0.15) is 19.8 Å². The lowest BCUT2D eigenvalue weighted by atomic mass is 9.99. The van der Waals surface area contributed by atoms with E-state index in [0.29, 0.717) is 36.2 Å². The molecule has 1 aromatic rings. The van der Waals surface area contributed by atoms with Gasteiger partial charge in [0, 0.05) is 31.0 Å². The zero-order valence-electron chi connectivity index (χ0n) is 14.3. The van der Waals surface area contributed by atoms with Crippen LogP contribution in [0, 0.1) is 17.2 Å². The fraction of sp³-hybridized carbons (Fsp3) is 0.444. The van der Waals surface area contributed by atoms with Crippen LogP contribution < -0.4 is 14.8 Å². The van der Waals surface area contributed by atoms with E-state index >= 15 is 0 Å². The summed E-state index contributed by atoms with van der Waals surface area (Å²) in [5.74, 6) is 1.60. The zero-order valence-corrected chi connectivity index (χ0v) is 14.3. The number of rotatable bonds is 5. The third-order valence-electron chi connectivity index (χ3n) is 4.19. The van der Waals surface area contributed by atoms with E-state index in [4.69, 9.17) is 9.47 Å². The molecule has 0 unspecified atom stereocenters. The van der Waals surface area contributed by atoms with Crippen molar-refractivity contribution in [2.24, 2.45) is 5.92 Å². The van der Waals surface area contributed by atoms with Crippen molar-refractivity contribution in [1.29, 1.82) is 5.26 Å². The third-order valence-corrected chi connectivity index (χ3v) is 4.19. The molecule has 1 amide bonds. The highest BCUT2D eigenvalue weighted by Crippen LogP contribution is 2.29. The van der Waals surface area contributed by atoms with Crippen LogP contribution in [-0.2, 0) is 4.79 Å². The second-order valence-electron chi connectivity index (χ2n) is 5.86. The molecular weight excluding hydrogens is 306 g/mol. The van der Waals surface area contributed by atoms with Crippen LogP contribution >= 0.6 is 0 Å². The van der Waals surface area contributed by atoms with Gasteiger partial charge in [0.15, 0.2) is 11.5 Å². The van der Waals surface area contributed by atoms with Gasteiger partial charge < -0.3 is 19.7 Å². The van der Waals surface area contributed by atoms with Gasteiger partial charge in [-0.15, -0.1) is 0 Å². The Morgan fingerprint density at radius 1 is 1.29 bits per heavy atom. The van der Waals surface area contributed by atoms with Gasteiger partial charge in [0.1, 0.15) is 11.6 Å². The Hall–Kier alpha value is -2.68. The summed E-state index contributed by atoms with van der Waals surface area (Å²) in [4.78, 5) is 14.2. The number of likely N-dealkylation sites (tertiary alicyclic amines) is 1. The van der Waals surface area contributed by atoms with Crippen LogP contribution in [0.5, 0.6) is 11.5 Å². The minimum atomic E-state index is -0.225. The van der Waals surface area contributed by atoms with Crippen molar-refractivity contribution in [3.05, 3.63) is 30.0 Å². The number of nitriles is 1. The maximum atomic E-state index is 12.4. The molecule has 6 nitrogen and oxygen atoms in total. The van der Waals surface area contributed by atoms with Crippen molar-refractivity contribution in [3.8, 4) is 17.6 Å². The molecule has 1 aliphatic rings. The first-order valence-corrected chi connectivity index (χ1v) is 7.97. The lowest BCUT2D eigenvalue weighted by Crippen LogP contribution is -2.38. The number of amides is 1. The molecular formula is C18H23N3O3. The summed E-state index contributed by atoms with van der Waals surface area (Å²) >= 11 is 0. The maximum absolute atomic E-state index is 12.4.